The first-order chi connectivity index (χ1) is 10.5. The Labute approximate surface area is 138 Å². The number of carbonyl (C=O) groups is 1. The summed E-state index contributed by atoms with van der Waals surface area (Å²) >= 11 is 11.9. The smallest absolute Gasteiger partial charge is 0.228 e. The van der Waals surface area contributed by atoms with Crippen molar-refractivity contribution in [3.63, 3.8) is 0 Å². The monoisotopic (exact) mass is 339 g/mol. The number of carbonyl (C=O) groups excluding carboxylic acids is 1. The molecule has 1 aromatic rings. The van der Waals surface area contributed by atoms with Gasteiger partial charge in [0.25, 0.3) is 0 Å². The molecule has 0 aromatic carbocycles. The quantitative estimate of drug-likeness (QED) is 0.771. The Bertz CT molecular complexity index is 632. The van der Waals surface area contributed by atoms with Crippen molar-refractivity contribution in [2.24, 2.45) is 5.92 Å². The van der Waals surface area contributed by atoms with Crippen LogP contribution in [0.1, 0.15) is 25.3 Å². The molecule has 0 unspecified atom stereocenters. The van der Waals surface area contributed by atoms with Gasteiger partial charge in [0, 0.05) is 31.6 Å². The van der Waals surface area contributed by atoms with Crippen molar-refractivity contribution >= 4 is 35.1 Å². The summed E-state index contributed by atoms with van der Waals surface area (Å²) in [5, 5.41) is 9.05. The number of rotatable bonds is 2. The molecular weight excluding hydrogens is 325 g/mol. The van der Waals surface area contributed by atoms with Gasteiger partial charge >= 0.3 is 0 Å². The van der Waals surface area contributed by atoms with Gasteiger partial charge in [-0.2, -0.15) is 15.2 Å². The number of amides is 1. The van der Waals surface area contributed by atoms with Crippen molar-refractivity contribution in [3.05, 3.63) is 15.9 Å². The Morgan fingerprint density at radius 3 is 2.41 bits per heavy atom. The molecule has 1 aliphatic heterocycles. The first-order valence-corrected chi connectivity index (χ1v) is 7.95. The minimum absolute atomic E-state index is 0.0571. The van der Waals surface area contributed by atoms with Crippen LogP contribution < -0.4 is 4.90 Å². The molecule has 8 heteroatoms. The number of anilines is 1. The molecule has 22 heavy (non-hydrogen) atoms. The van der Waals surface area contributed by atoms with E-state index >= 15 is 0 Å². The van der Waals surface area contributed by atoms with Crippen LogP contribution in [-0.2, 0) is 4.79 Å². The molecule has 6 nitrogen and oxygen atoms in total. The summed E-state index contributed by atoms with van der Waals surface area (Å²) in [5.74, 6) is 0.882. The summed E-state index contributed by atoms with van der Waals surface area (Å²) in [4.78, 5) is 24.4. The van der Waals surface area contributed by atoms with Crippen molar-refractivity contribution < 1.29 is 4.79 Å². The van der Waals surface area contributed by atoms with E-state index in [0.29, 0.717) is 25.6 Å². The van der Waals surface area contributed by atoms with Gasteiger partial charge in [-0.15, -0.1) is 0 Å². The molecule has 0 bridgehead atoms. The maximum atomic E-state index is 12.2. The molecule has 2 aliphatic rings. The third-order valence-electron chi connectivity index (χ3n) is 4.04. The molecule has 1 atom stereocenters. The molecular formula is C14H15Cl2N5O. The van der Waals surface area contributed by atoms with Crippen molar-refractivity contribution in [2.75, 3.05) is 24.5 Å². The van der Waals surface area contributed by atoms with E-state index in [1.807, 2.05) is 22.8 Å². The van der Waals surface area contributed by atoms with E-state index < -0.39 is 0 Å². The second-order valence-electron chi connectivity index (χ2n) is 5.69. The van der Waals surface area contributed by atoms with Crippen LogP contribution in [0, 0.1) is 17.2 Å². The summed E-state index contributed by atoms with van der Waals surface area (Å²) in [6, 6.07) is 1.97. The standard InChI is InChI=1S/C14H15Cl2N5O/c1-8-7-20(4-5-21(8)13(22)9-2-3-9)14-18-11(15)10(6-17)12(16)19-14/h8-9H,2-5,7H2,1H3/t8-/m0/s1. The molecule has 2 fully saturated rings. The summed E-state index contributed by atoms with van der Waals surface area (Å²) < 4.78 is 0. The van der Waals surface area contributed by atoms with Crippen LogP contribution in [0.15, 0.2) is 0 Å². The van der Waals surface area contributed by atoms with Crippen LogP contribution in [0.2, 0.25) is 10.3 Å². The van der Waals surface area contributed by atoms with Gasteiger partial charge in [0.15, 0.2) is 10.3 Å². The zero-order valence-electron chi connectivity index (χ0n) is 12.1. The highest BCUT2D eigenvalue weighted by molar-refractivity contribution is 6.35. The van der Waals surface area contributed by atoms with Crippen molar-refractivity contribution in [2.45, 2.75) is 25.8 Å². The largest absolute Gasteiger partial charge is 0.337 e. The minimum Gasteiger partial charge on any atom is -0.337 e. The summed E-state index contributed by atoms with van der Waals surface area (Å²) in [5.41, 5.74) is 0.0858. The number of aromatic nitrogens is 2. The highest BCUT2D eigenvalue weighted by atomic mass is 35.5. The molecule has 0 radical (unpaired) electrons. The van der Waals surface area contributed by atoms with Gasteiger partial charge in [-0.1, -0.05) is 23.2 Å². The second-order valence-corrected chi connectivity index (χ2v) is 6.41. The van der Waals surface area contributed by atoms with Crippen LogP contribution in [0.3, 0.4) is 0 Å². The van der Waals surface area contributed by atoms with Crippen LogP contribution in [0.25, 0.3) is 0 Å². The van der Waals surface area contributed by atoms with Gasteiger partial charge in [0.05, 0.1) is 0 Å². The van der Waals surface area contributed by atoms with E-state index in [1.54, 1.807) is 0 Å². The molecule has 116 valence electrons. The summed E-state index contributed by atoms with van der Waals surface area (Å²) in [6.45, 7) is 3.90. The lowest BCUT2D eigenvalue weighted by molar-refractivity contribution is -0.134. The molecule has 1 aliphatic carbocycles. The fourth-order valence-corrected chi connectivity index (χ4v) is 3.13. The number of hydrogen-bond donors (Lipinski definition) is 0. The molecule has 1 saturated carbocycles. The van der Waals surface area contributed by atoms with Crippen molar-refractivity contribution in [1.29, 1.82) is 5.26 Å². The lowest BCUT2D eigenvalue weighted by Crippen LogP contribution is -2.55. The maximum absolute atomic E-state index is 12.2. The topological polar surface area (TPSA) is 73.1 Å². The van der Waals surface area contributed by atoms with Gasteiger partial charge in [-0.25, -0.2) is 0 Å². The lowest BCUT2D eigenvalue weighted by atomic mass is 10.1. The molecule has 1 saturated heterocycles. The molecule has 0 spiro atoms. The van der Waals surface area contributed by atoms with Crippen molar-refractivity contribution in [3.8, 4) is 6.07 Å². The van der Waals surface area contributed by atoms with E-state index in [9.17, 15) is 4.79 Å². The number of nitriles is 1. The number of piperazine rings is 1. The van der Waals surface area contributed by atoms with Crippen LogP contribution in [0.5, 0.6) is 0 Å². The zero-order valence-corrected chi connectivity index (χ0v) is 13.6. The molecule has 1 amide bonds. The Hall–Kier alpha value is -1.58. The van der Waals surface area contributed by atoms with E-state index in [1.165, 1.54) is 0 Å². The van der Waals surface area contributed by atoms with Gasteiger partial charge < -0.3 is 9.80 Å². The Balaban J connectivity index is 1.75. The lowest BCUT2D eigenvalue weighted by Gasteiger charge is -2.40. The predicted molar refractivity (Wildman–Crippen MR) is 82.9 cm³/mol. The summed E-state index contributed by atoms with van der Waals surface area (Å²) in [6.07, 6.45) is 2.02. The van der Waals surface area contributed by atoms with Crippen LogP contribution in [0.4, 0.5) is 5.95 Å². The first-order valence-electron chi connectivity index (χ1n) is 7.19. The van der Waals surface area contributed by atoms with Gasteiger partial charge in [0.1, 0.15) is 11.6 Å². The normalized spacial score (nSPS) is 21.6. The SMILES string of the molecule is C[C@H]1CN(c2nc(Cl)c(C#N)c(Cl)n2)CCN1C(=O)C1CC1. The minimum atomic E-state index is 0.0571. The second kappa shape index (κ2) is 5.90. The summed E-state index contributed by atoms with van der Waals surface area (Å²) in [7, 11) is 0. The highest BCUT2D eigenvalue weighted by Crippen LogP contribution is 2.32. The molecule has 3 rings (SSSR count). The first kappa shape index (κ1) is 15.3. The van der Waals surface area contributed by atoms with Crippen LogP contribution in [-0.4, -0.2) is 46.5 Å². The van der Waals surface area contributed by atoms with Crippen molar-refractivity contribution in [1.82, 2.24) is 14.9 Å². The third kappa shape index (κ3) is 2.83. The van der Waals surface area contributed by atoms with E-state index in [4.69, 9.17) is 28.5 Å². The Kier molecular flexibility index (Phi) is 4.11. The average molecular weight is 340 g/mol. The average Bonchev–Trinajstić information content (AvgIpc) is 3.30. The Morgan fingerprint density at radius 2 is 1.91 bits per heavy atom. The zero-order chi connectivity index (χ0) is 15.9. The van der Waals surface area contributed by atoms with E-state index in [0.717, 1.165) is 12.8 Å². The molecule has 1 aromatic heterocycles. The predicted octanol–water partition coefficient (Wildman–Crippen LogP) is 2.10. The fraction of sp³-hybridized carbons (Fsp3) is 0.571. The van der Waals surface area contributed by atoms with E-state index in [-0.39, 0.29) is 33.7 Å². The van der Waals surface area contributed by atoms with Gasteiger partial charge in [-0.3, -0.25) is 4.79 Å². The molecule has 2 heterocycles. The number of halogens is 2. The number of hydrogen-bond acceptors (Lipinski definition) is 5. The Morgan fingerprint density at radius 1 is 1.27 bits per heavy atom. The van der Waals surface area contributed by atoms with Gasteiger partial charge in [0.2, 0.25) is 11.9 Å². The highest BCUT2D eigenvalue weighted by Gasteiger charge is 2.37. The van der Waals surface area contributed by atoms with Gasteiger partial charge in [-0.05, 0) is 19.8 Å². The van der Waals surface area contributed by atoms with Crippen LogP contribution >= 0.6 is 23.2 Å². The fourth-order valence-electron chi connectivity index (χ4n) is 2.66. The maximum Gasteiger partial charge on any atom is 0.228 e. The third-order valence-corrected chi connectivity index (χ3v) is 4.59. The molecule has 0 N–H and O–H groups in total. The van der Waals surface area contributed by atoms with E-state index in [2.05, 4.69) is 9.97 Å². The number of nitrogens with zero attached hydrogens (tertiary/aromatic N) is 5.